The van der Waals surface area contributed by atoms with E-state index in [1.165, 1.54) is 0 Å². The smallest absolute Gasteiger partial charge is 0.240 e. The molecule has 7 heteroatoms. The Bertz CT molecular complexity index is 491. The van der Waals surface area contributed by atoms with Crippen molar-refractivity contribution in [2.75, 3.05) is 39.4 Å². The van der Waals surface area contributed by atoms with Crippen molar-refractivity contribution >= 4 is 5.91 Å². The van der Waals surface area contributed by atoms with Crippen LogP contribution in [0.3, 0.4) is 0 Å². The second-order valence-corrected chi connectivity index (χ2v) is 6.15. The van der Waals surface area contributed by atoms with Gasteiger partial charge in [-0.15, -0.1) is 0 Å². The molecular formula is C15H24N4O3. The first kappa shape index (κ1) is 15.4. The molecule has 122 valence electrons. The van der Waals surface area contributed by atoms with Crippen molar-refractivity contribution in [3.8, 4) is 0 Å². The monoisotopic (exact) mass is 308 g/mol. The Morgan fingerprint density at radius 2 is 1.95 bits per heavy atom. The van der Waals surface area contributed by atoms with Crippen LogP contribution in [0.2, 0.25) is 0 Å². The highest BCUT2D eigenvalue weighted by molar-refractivity contribution is 5.76. The molecule has 3 rings (SSSR count). The summed E-state index contributed by atoms with van der Waals surface area (Å²) < 4.78 is 10.5. The van der Waals surface area contributed by atoms with Gasteiger partial charge in [0.15, 0.2) is 5.82 Å². The molecular weight excluding hydrogens is 284 g/mol. The molecule has 1 aromatic heterocycles. The van der Waals surface area contributed by atoms with Gasteiger partial charge in [0.2, 0.25) is 11.8 Å². The number of nitrogens with zero attached hydrogens (tertiary/aromatic N) is 4. The molecule has 2 saturated heterocycles. The topological polar surface area (TPSA) is 71.7 Å². The number of amides is 1. The molecule has 7 nitrogen and oxygen atoms in total. The van der Waals surface area contributed by atoms with Crippen LogP contribution in [0.25, 0.3) is 0 Å². The summed E-state index contributed by atoms with van der Waals surface area (Å²) in [5.74, 6) is 2.15. The highest BCUT2D eigenvalue weighted by atomic mass is 16.5. The summed E-state index contributed by atoms with van der Waals surface area (Å²) >= 11 is 0. The minimum Gasteiger partial charge on any atom is -0.378 e. The number of carbonyl (C=O) groups excluding carboxylic acids is 1. The summed E-state index contributed by atoms with van der Waals surface area (Å²) in [6.07, 6.45) is 2.79. The van der Waals surface area contributed by atoms with Gasteiger partial charge in [0.1, 0.15) is 0 Å². The maximum atomic E-state index is 12.3. The fourth-order valence-electron chi connectivity index (χ4n) is 3.13. The van der Waals surface area contributed by atoms with Crippen LogP contribution in [0, 0.1) is 12.8 Å². The van der Waals surface area contributed by atoms with Gasteiger partial charge in [-0.3, -0.25) is 9.69 Å². The summed E-state index contributed by atoms with van der Waals surface area (Å²) in [7, 11) is 0. The predicted octanol–water partition coefficient (Wildman–Crippen LogP) is 0.839. The summed E-state index contributed by atoms with van der Waals surface area (Å²) in [4.78, 5) is 20.8. The molecule has 0 atom stereocenters. The Hall–Kier alpha value is -1.47. The molecule has 0 aliphatic carbocycles. The Balaban J connectivity index is 1.40. The second-order valence-electron chi connectivity index (χ2n) is 6.15. The molecule has 0 saturated carbocycles. The van der Waals surface area contributed by atoms with Gasteiger partial charge in [0.25, 0.3) is 0 Å². The normalized spacial score (nSPS) is 21.2. The Morgan fingerprint density at radius 3 is 2.59 bits per heavy atom. The van der Waals surface area contributed by atoms with Gasteiger partial charge in [-0.1, -0.05) is 5.16 Å². The van der Waals surface area contributed by atoms with E-state index in [0.29, 0.717) is 43.8 Å². The molecule has 0 aromatic carbocycles. The number of rotatable bonds is 4. The molecule has 0 N–H and O–H groups in total. The summed E-state index contributed by atoms with van der Waals surface area (Å²) in [5.41, 5.74) is 0. The average Bonchev–Trinajstić information content (AvgIpc) is 2.95. The van der Waals surface area contributed by atoms with Gasteiger partial charge >= 0.3 is 0 Å². The Morgan fingerprint density at radius 1 is 1.23 bits per heavy atom. The lowest BCUT2D eigenvalue weighted by molar-refractivity contribution is -0.136. The van der Waals surface area contributed by atoms with E-state index in [1.807, 2.05) is 11.8 Å². The van der Waals surface area contributed by atoms with Crippen LogP contribution in [0.5, 0.6) is 0 Å². The quantitative estimate of drug-likeness (QED) is 0.821. The zero-order valence-corrected chi connectivity index (χ0v) is 13.2. The number of aryl methyl sites for hydroxylation is 1. The number of ether oxygens (including phenoxy) is 1. The number of aromatic nitrogens is 2. The zero-order valence-electron chi connectivity index (χ0n) is 13.2. The Kier molecular flexibility index (Phi) is 5.04. The lowest BCUT2D eigenvalue weighted by atomic mass is 9.93. The van der Waals surface area contributed by atoms with Crippen LogP contribution in [-0.4, -0.2) is 65.2 Å². The predicted molar refractivity (Wildman–Crippen MR) is 79.1 cm³/mol. The molecule has 1 amide bonds. The third kappa shape index (κ3) is 4.04. The van der Waals surface area contributed by atoms with Gasteiger partial charge < -0.3 is 14.2 Å². The van der Waals surface area contributed by atoms with Crippen LogP contribution >= 0.6 is 0 Å². The minimum atomic E-state index is 0.286. The van der Waals surface area contributed by atoms with Crippen molar-refractivity contribution in [3.05, 3.63) is 11.7 Å². The van der Waals surface area contributed by atoms with Crippen molar-refractivity contribution in [3.63, 3.8) is 0 Å². The standard InChI is InChI=1S/C15H24N4O3/c1-12-16-14(22-17-12)11-18-4-2-13(3-5-18)10-15(20)19-6-8-21-9-7-19/h13H,2-11H2,1H3. The molecule has 0 bridgehead atoms. The van der Waals surface area contributed by atoms with E-state index in [2.05, 4.69) is 15.0 Å². The van der Waals surface area contributed by atoms with E-state index in [0.717, 1.165) is 39.0 Å². The zero-order chi connectivity index (χ0) is 15.4. The van der Waals surface area contributed by atoms with E-state index in [9.17, 15) is 4.79 Å². The lowest BCUT2D eigenvalue weighted by Crippen LogP contribution is -2.42. The number of hydrogen-bond donors (Lipinski definition) is 0. The van der Waals surface area contributed by atoms with Crippen molar-refractivity contribution in [1.82, 2.24) is 19.9 Å². The lowest BCUT2D eigenvalue weighted by Gasteiger charge is -2.33. The number of piperidine rings is 1. The molecule has 0 radical (unpaired) electrons. The molecule has 2 fully saturated rings. The fraction of sp³-hybridized carbons (Fsp3) is 0.800. The highest BCUT2D eigenvalue weighted by Crippen LogP contribution is 2.22. The van der Waals surface area contributed by atoms with Crippen molar-refractivity contribution < 1.29 is 14.1 Å². The summed E-state index contributed by atoms with van der Waals surface area (Å²) in [6.45, 7) is 7.36. The third-order valence-electron chi connectivity index (χ3n) is 4.46. The first-order valence-corrected chi connectivity index (χ1v) is 8.08. The molecule has 2 aliphatic heterocycles. The van der Waals surface area contributed by atoms with Crippen LogP contribution < -0.4 is 0 Å². The van der Waals surface area contributed by atoms with Crippen LogP contribution in [0.15, 0.2) is 4.52 Å². The summed E-state index contributed by atoms with van der Waals surface area (Å²) in [6, 6.07) is 0. The van der Waals surface area contributed by atoms with Gasteiger partial charge in [-0.05, 0) is 38.8 Å². The fourth-order valence-corrected chi connectivity index (χ4v) is 3.13. The minimum absolute atomic E-state index is 0.286. The Labute approximate surface area is 130 Å². The largest absolute Gasteiger partial charge is 0.378 e. The van der Waals surface area contributed by atoms with Gasteiger partial charge in [-0.25, -0.2) is 0 Å². The van der Waals surface area contributed by atoms with Crippen molar-refractivity contribution in [2.24, 2.45) is 5.92 Å². The average molecular weight is 308 g/mol. The maximum Gasteiger partial charge on any atom is 0.240 e. The van der Waals surface area contributed by atoms with E-state index in [4.69, 9.17) is 9.26 Å². The van der Waals surface area contributed by atoms with Crippen LogP contribution in [-0.2, 0) is 16.1 Å². The van der Waals surface area contributed by atoms with E-state index >= 15 is 0 Å². The van der Waals surface area contributed by atoms with Crippen molar-refractivity contribution in [1.29, 1.82) is 0 Å². The molecule has 2 aliphatic rings. The highest BCUT2D eigenvalue weighted by Gasteiger charge is 2.25. The molecule has 22 heavy (non-hydrogen) atoms. The van der Waals surface area contributed by atoms with Crippen LogP contribution in [0.1, 0.15) is 31.0 Å². The molecule has 0 unspecified atom stereocenters. The second kappa shape index (κ2) is 7.19. The third-order valence-corrected chi connectivity index (χ3v) is 4.46. The van der Waals surface area contributed by atoms with E-state index < -0.39 is 0 Å². The molecule has 0 spiro atoms. The van der Waals surface area contributed by atoms with Gasteiger partial charge in [-0.2, -0.15) is 4.98 Å². The number of hydrogen-bond acceptors (Lipinski definition) is 6. The number of likely N-dealkylation sites (tertiary alicyclic amines) is 1. The molecule has 3 heterocycles. The SMILES string of the molecule is Cc1noc(CN2CCC(CC(=O)N3CCOCC3)CC2)n1. The first-order valence-electron chi connectivity index (χ1n) is 8.08. The number of morpholine rings is 1. The molecule has 1 aromatic rings. The first-order chi connectivity index (χ1) is 10.7. The van der Waals surface area contributed by atoms with E-state index in [-0.39, 0.29) is 5.91 Å². The van der Waals surface area contributed by atoms with E-state index in [1.54, 1.807) is 0 Å². The number of carbonyl (C=O) groups is 1. The maximum absolute atomic E-state index is 12.3. The summed E-state index contributed by atoms with van der Waals surface area (Å²) in [5, 5.41) is 3.82. The van der Waals surface area contributed by atoms with Gasteiger partial charge in [0, 0.05) is 19.5 Å². The van der Waals surface area contributed by atoms with Crippen LogP contribution in [0.4, 0.5) is 0 Å². The van der Waals surface area contributed by atoms with Crippen molar-refractivity contribution in [2.45, 2.75) is 32.7 Å². The van der Waals surface area contributed by atoms with Gasteiger partial charge in [0.05, 0.1) is 19.8 Å².